The maximum Gasteiger partial charge on any atom is 0.288 e. The number of nitrogens with zero attached hydrogens (tertiary/aromatic N) is 2. The van der Waals surface area contributed by atoms with Crippen LogP contribution < -0.4 is 4.57 Å². The van der Waals surface area contributed by atoms with Crippen LogP contribution in [0.25, 0.3) is 44.1 Å². The molecule has 0 fully saturated rings. The normalized spacial score (nSPS) is 24.9. The van der Waals surface area contributed by atoms with Crippen LogP contribution in [0.3, 0.4) is 0 Å². The van der Waals surface area contributed by atoms with Gasteiger partial charge in [0.25, 0.3) is 6.33 Å². The van der Waals surface area contributed by atoms with Crippen LogP contribution >= 0.6 is 0 Å². The Bertz CT molecular complexity index is 1970. The van der Waals surface area contributed by atoms with Crippen molar-refractivity contribution in [2.75, 3.05) is 7.11 Å². The Kier molecular flexibility index (Phi) is 4.46. The summed E-state index contributed by atoms with van der Waals surface area (Å²) in [6.07, 6.45) is 2.67. The van der Waals surface area contributed by atoms with Gasteiger partial charge in [-0.3, -0.25) is 0 Å². The first kappa shape index (κ1) is 24.2. The molecule has 2 heterocycles. The molecule has 1 aliphatic heterocycles. The lowest BCUT2D eigenvalue weighted by Gasteiger charge is -2.50. The molecule has 1 N–H and O–H groups in total. The minimum atomic E-state index is -1.52. The molecule has 4 aromatic carbocycles. The van der Waals surface area contributed by atoms with Crippen LogP contribution in [-0.2, 0) is 21.5 Å². The van der Waals surface area contributed by atoms with Crippen molar-refractivity contribution >= 4 is 21.5 Å². The zero-order valence-electron chi connectivity index (χ0n) is 24.3. The summed E-state index contributed by atoms with van der Waals surface area (Å²) in [7, 11) is 1.66. The number of rotatable bonds is 2. The molecule has 3 aliphatic rings. The molecule has 4 heteroatoms. The van der Waals surface area contributed by atoms with Crippen LogP contribution in [0.1, 0.15) is 73.4 Å². The highest BCUT2D eigenvalue weighted by molar-refractivity contribution is 6.00. The molecule has 2 aliphatic carbocycles. The fourth-order valence-electron chi connectivity index (χ4n) is 8.92. The Labute approximate surface area is 235 Å². The van der Waals surface area contributed by atoms with Crippen molar-refractivity contribution in [2.45, 2.75) is 70.6 Å². The first-order valence-corrected chi connectivity index (χ1v) is 14.5. The molecule has 200 valence electrons. The predicted octanol–water partition coefficient (Wildman–Crippen LogP) is 7.29. The monoisotopic (exact) mass is 527 g/mol. The van der Waals surface area contributed by atoms with Gasteiger partial charge in [0.1, 0.15) is 5.69 Å². The van der Waals surface area contributed by atoms with Gasteiger partial charge in [-0.25, -0.2) is 4.57 Å². The molecule has 0 radical (unpaired) electrons. The third-order valence-electron chi connectivity index (χ3n) is 10.8. The molecule has 4 nitrogen and oxygen atoms in total. The van der Waals surface area contributed by atoms with Gasteiger partial charge in [-0.1, -0.05) is 64.1 Å². The molecule has 40 heavy (non-hydrogen) atoms. The van der Waals surface area contributed by atoms with Gasteiger partial charge in [-0.05, 0) is 87.3 Å². The number of hydrogen-bond donors (Lipinski definition) is 1. The standard InChI is InChI=1S/C36H35N2O2/c1-8-35-21(4)24-13-19(2)29-20(3)14-27(30(26(29)16-24)36(35,39)40-7)33-31-32(37-18-38(33)35)25-15-22-11-9-10-12-23(22)17-28(25)34(31,5)6/h9-18,21,39H,8H2,1-7H3/q+1. The predicted molar refractivity (Wildman–Crippen MR) is 160 cm³/mol. The van der Waals surface area contributed by atoms with Crippen molar-refractivity contribution in [3.8, 4) is 22.5 Å². The van der Waals surface area contributed by atoms with Crippen molar-refractivity contribution in [3.05, 3.63) is 94.3 Å². The summed E-state index contributed by atoms with van der Waals surface area (Å²) in [6.45, 7) is 13.5. The lowest BCUT2D eigenvalue weighted by molar-refractivity contribution is -0.795. The second-order valence-corrected chi connectivity index (χ2v) is 12.8. The van der Waals surface area contributed by atoms with E-state index >= 15 is 0 Å². The van der Waals surface area contributed by atoms with Crippen molar-refractivity contribution in [1.29, 1.82) is 0 Å². The number of methoxy groups -OCH3 is 1. The summed E-state index contributed by atoms with van der Waals surface area (Å²) >= 11 is 0. The minimum absolute atomic E-state index is 0.0236. The van der Waals surface area contributed by atoms with Gasteiger partial charge in [-0.2, -0.15) is 0 Å². The molecule has 4 bridgehead atoms. The van der Waals surface area contributed by atoms with E-state index in [4.69, 9.17) is 9.72 Å². The number of fused-ring (bicyclic) bond motifs is 10. The largest absolute Gasteiger partial charge is 0.358 e. The van der Waals surface area contributed by atoms with Gasteiger partial charge in [-0.15, -0.1) is 0 Å². The van der Waals surface area contributed by atoms with Crippen molar-refractivity contribution in [1.82, 2.24) is 4.98 Å². The van der Waals surface area contributed by atoms with E-state index < -0.39 is 11.3 Å². The third-order valence-corrected chi connectivity index (χ3v) is 10.8. The zero-order valence-corrected chi connectivity index (χ0v) is 24.3. The first-order valence-electron chi connectivity index (χ1n) is 14.5. The van der Waals surface area contributed by atoms with E-state index in [0.717, 1.165) is 27.9 Å². The maximum absolute atomic E-state index is 12.9. The fourth-order valence-corrected chi connectivity index (χ4v) is 8.92. The van der Waals surface area contributed by atoms with Gasteiger partial charge < -0.3 is 9.84 Å². The molecule has 8 rings (SSSR count). The quantitative estimate of drug-likeness (QED) is 0.194. The molecule has 1 aromatic heterocycles. The third kappa shape index (κ3) is 2.44. The van der Waals surface area contributed by atoms with Gasteiger partial charge in [0, 0.05) is 35.1 Å². The van der Waals surface area contributed by atoms with Gasteiger partial charge in [0.05, 0.1) is 5.56 Å². The number of hydrogen-bond acceptors (Lipinski definition) is 3. The minimum Gasteiger partial charge on any atom is -0.358 e. The van der Waals surface area contributed by atoms with E-state index in [1.807, 2.05) is 6.33 Å². The van der Waals surface area contributed by atoms with Gasteiger partial charge in [0.2, 0.25) is 5.79 Å². The molecular weight excluding hydrogens is 492 g/mol. The highest BCUT2D eigenvalue weighted by Gasteiger charge is 2.66. The number of aliphatic hydroxyl groups is 1. The molecule has 0 spiro atoms. The number of aromatic nitrogens is 2. The zero-order chi connectivity index (χ0) is 27.9. The first-order chi connectivity index (χ1) is 19.1. The lowest BCUT2D eigenvalue weighted by Crippen LogP contribution is -2.73. The second kappa shape index (κ2) is 7.37. The number of aryl methyl sites for hydroxylation is 2. The Morgan fingerprint density at radius 3 is 2.35 bits per heavy atom. The Balaban J connectivity index is 1.59. The summed E-state index contributed by atoms with van der Waals surface area (Å²) in [6, 6.07) is 20.2. The van der Waals surface area contributed by atoms with Crippen LogP contribution in [0.5, 0.6) is 0 Å². The summed E-state index contributed by atoms with van der Waals surface area (Å²) in [5.41, 5.74) is 10.5. The highest BCUT2D eigenvalue weighted by atomic mass is 16.6. The van der Waals surface area contributed by atoms with E-state index in [-0.39, 0.29) is 11.3 Å². The number of benzene rings is 4. The van der Waals surface area contributed by atoms with Crippen molar-refractivity contribution in [3.63, 3.8) is 0 Å². The maximum atomic E-state index is 12.9. The van der Waals surface area contributed by atoms with E-state index in [1.165, 1.54) is 49.5 Å². The van der Waals surface area contributed by atoms with E-state index in [2.05, 4.69) is 101 Å². The molecule has 5 aromatic rings. The lowest BCUT2D eigenvalue weighted by atomic mass is 9.67. The summed E-state index contributed by atoms with van der Waals surface area (Å²) in [4.78, 5) is 5.23. The smallest absolute Gasteiger partial charge is 0.288 e. The summed E-state index contributed by atoms with van der Waals surface area (Å²) < 4.78 is 8.59. The molecule has 3 atom stereocenters. The van der Waals surface area contributed by atoms with Crippen LogP contribution in [0.15, 0.2) is 60.9 Å². The van der Waals surface area contributed by atoms with E-state index in [9.17, 15) is 5.11 Å². The van der Waals surface area contributed by atoms with Gasteiger partial charge in [0.15, 0.2) is 11.2 Å². The molecule has 3 unspecified atom stereocenters. The van der Waals surface area contributed by atoms with E-state index in [0.29, 0.717) is 6.42 Å². The van der Waals surface area contributed by atoms with Crippen LogP contribution in [0.4, 0.5) is 0 Å². The summed E-state index contributed by atoms with van der Waals surface area (Å²) in [5, 5.41) is 17.7. The molecular formula is C36H35N2O2+. The highest BCUT2D eigenvalue weighted by Crippen LogP contribution is 2.60. The van der Waals surface area contributed by atoms with Crippen LogP contribution in [-0.4, -0.2) is 17.2 Å². The molecule has 0 saturated carbocycles. The Morgan fingerprint density at radius 2 is 1.65 bits per heavy atom. The topological polar surface area (TPSA) is 46.2 Å². The summed E-state index contributed by atoms with van der Waals surface area (Å²) in [5.74, 6) is -1.55. The Hall–Kier alpha value is -3.60. The van der Waals surface area contributed by atoms with Crippen molar-refractivity contribution < 1.29 is 14.4 Å². The molecule has 0 amide bonds. The average Bonchev–Trinajstić information content (AvgIpc) is 3.13. The van der Waals surface area contributed by atoms with Crippen LogP contribution in [0.2, 0.25) is 0 Å². The van der Waals surface area contributed by atoms with Crippen molar-refractivity contribution in [2.24, 2.45) is 0 Å². The fraction of sp³-hybridized carbons (Fsp3) is 0.333. The van der Waals surface area contributed by atoms with Crippen LogP contribution in [0, 0.1) is 13.8 Å². The number of ether oxygens (including phenoxy) is 1. The second-order valence-electron chi connectivity index (χ2n) is 12.8. The van der Waals surface area contributed by atoms with Gasteiger partial charge >= 0.3 is 0 Å². The SMILES string of the molecule is CCC12C(C)c3cc(C)c4c(C)cc(c(c4c3)C1(O)OC)-c1c3c(nc[n+]12)-c1cc2ccccc2cc1C3(C)C. The van der Waals surface area contributed by atoms with E-state index in [1.54, 1.807) is 7.11 Å². The Morgan fingerprint density at radius 1 is 0.950 bits per heavy atom. The average molecular weight is 528 g/mol. The molecule has 0 saturated heterocycles.